The molecule has 3 nitrogen and oxygen atoms in total. The number of halogens is 2. The highest BCUT2D eigenvalue weighted by molar-refractivity contribution is 5.96. The van der Waals surface area contributed by atoms with Gasteiger partial charge in [0.15, 0.2) is 0 Å². The number of amides is 1. The zero-order valence-electron chi connectivity index (χ0n) is 13.9. The Balaban J connectivity index is 1.45. The smallest absolute Gasteiger partial charge is 0.227 e. The first-order chi connectivity index (χ1) is 12.0. The van der Waals surface area contributed by atoms with Crippen LogP contribution in [0, 0.1) is 17.0 Å². The number of rotatable bonds is 3. The van der Waals surface area contributed by atoms with Gasteiger partial charge in [0, 0.05) is 37.2 Å². The first-order valence-corrected chi connectivity index (χ1v) is 8.56. The summed E-state index contributed by atoms with van der Waals surface area (Å²) in [6, 6.07) is 12.8. The minimum Gasteiger partial charge on any atom is -0.312 e. The second-order valence-electron chi connectivity index (χ2n) is 7.22. The second-order valence-corrected chi connectivity index (χ2v) is 7.22. The van der Waals surface area contributed by atoms with Crippen molar-refractivity contribution in [1.82, 2.24) is 4.90 Å². The molecule has 0 bridgehead atoms. The molecule has 0 aromatic heterocycles. The van der Waals surface area contributed by atoms with Crippen LogP contribution in [0.1, 0.15) is 18.4 Å². The largest absolute Gasteiger partial charge is 0.312 e. The molecule has 2 heterocycles. The Hall–Kier alpha value is -2.27. The summed E-state index contributed by atoms with van der Waals surface area (Å²) in [5.74, 6) is -0.487. The highest BCUT2D eigenvalue weighted by Crippen LogP contribution is 2.42. The van der Waals surface area contributed by atoms with E-state index in [0.717, 1.165) is 31.6 Å². The van der Waals surface area contributed by atoms with Crippen molar-refractivity contribution >= 4 is 11.6 Å². The van der Waals surface area contributed by atoms with Crippen LogP contribution in [-0.2, 0) is 11.3 Å². The fraction of sp³-hybridized carbons (Fsp3) is 0.350. The topological polar surface area (TPSA) is 23.6 Å². The van der Waals surface area contributed by atoms with Gasteiger partial charge in [0.05, 0.1) is 0 Å². The van der Waals surface area contributed by atoms with E-state index in [4.69, 9.17) is 0 Å². The molecule has 2 saturated heterocycles. The Bertz CT molecular complexity index is 793. The molecule has 0 N–H and O–H groups in total. The number of benzene rings is 2. The predicted octanol–water partition coefficient (Wildman–Crippen LogP) is 3.59. The maximum atomic E-state index is 13.5. The van der Waals surface area contributed by atoms with E-state index in [-0.39, 0.29) is 23.0 Å². The summed E-state index contributed by atoms with van der Waals surface area (Å²) >= 11 is 0. The Morgan fingerprint density at radius 3 is 2.56 bits per heavy atom. The fourth-order valence-electron chi connectivity index (χ4n) is 4.06. The van der Waals surface area contributed by atoms with Crippen LogP contribution in [0.15, 0.2) is 48.5 Å². The number of nitrogens with zero attached hydrogens (tertiary/aromatic N) is 2. The zero-order valence-corrected chi connectivity index (χ0v) is 13.9. The Morgan fingerprint density at radius 1 is 1.00 bits per heavy atom. The van der Waals surface area contributed by atoms with Gasteiger partial charge >= 0.3 is 0 Å². The molecule has 2 aromatic rings. The summed E-state index contributed by atoms with van der Waals surface area (Å²) in [5, 5.41) is 0. The number of hydrogen-bond donors (Lipinski definition) is 0. The Kier molecular flexibility index (Phi) is 4.04. The van der Waals surface area contributed by atoms with E-state index in [1.807, 2.05) is 0 Å². The summed E-state index contributed by atoms with van der Waals surface area (Å²) < 4.78 is 26.5. The maximum absolute atomic E-state index is 13.5. The predicted molar refractivity (Wildman–Crippen MR) is 92.1 cm³/mol. The summed E-state index contributed by atoms with van der Waals surface area (Å²) in [6.07, 6.45) is 1.45. The average molecular weight is 342 g/mol. The molecule has 0 aliphatic carbocycles. The lowest BCUT2D eigenvalue weighted by Gasteiger charge is -2.24. The van der Waals surface area contributed by atoms with Gasteiger partial charge in [0.2, 0.25) is 5.91 Å². The van der Waals surface area contributed by atoms with E-state index in [1.165, 1.54) is 24.3 Å². The van der Waals surface area contributed by atoms with Crippen LogP contribution in [0.4, 0.5) is 14.5 Å². The van der Waals surface area contributed by atoms with Gasteiger partial charge in [-0.25, -0.2) is 8.78 Å². The van der Waals surface area contributed by atoms with Crippen LogP contribution in [0.25, 0.3) is 0 Å². The molecule has 0 saturated carbocycles. The van der Waals surface area contributed by atoms with Crippen molar-refractivity contribution in [2.45, 2.75) is 19.4 Å². The third-order valence-electron chi connectivity index (χ3n) is 5.28. The third-order valence-corrected chi connectivity index (χ3v) is 5.28. The first-order valence-electron chi connectivity index (χ1n) is 8.56. The fourth-order valence-corrected chi connectivity index (χ4v) is 4.06. The average Bonchev–Trinajstić information content (AvgIpc) is 3.12. The molecular formula is C20H20F2N2O. The molecule has 130 valence electrons. The maximum Gasteiger partial charge on any atom is 0.227 e. The molecule has 2 fully saturated rings. The number of carbonyl (C=O) groups is 1. The van der Waals surface area contributed by atoms with Crippen LogP contribution < -0.4 is 4.90 Å². The lowest BCUT2D eigenvalue weighted by Crippen LogP contribution is -2.31. The summed E-state index contributed by atoms with van der Waals surface area (Å²) in [6.45, 7) is 3.15. The third kappa shape index (κ3) is 3.29. The molecule has 1 amide bonds. The van der Waals surface area contributed by atoms with E-state index < -0.39 is 0 Å². The van der Waals surface area contributed by atoms with Gasteiger partial charge in [-0.1, -0.05) is 18.2 Å². The van der Waals surface area contributed by atoms with Crippen molar-refractivity contribution in [3.63, 3.8) is 0 Å². The SMILES string of the molecule is O=C1CC2(CCN(Cc3ccc(F)cc3)C2)CN1c1cccc(F)c1. The van der Waals surface area contributed by atoms with Gasteiger partial charge in [0.1, 0.15) is 11.6 Å². The van der Waals surface area contributed by atoms with Crippen molar-refractivity contribution in [1.29, 1.82) is 0 Å². The number of carbonyl (C=O) groups excluding carboxylic acids is 1. The lowest BCUT2D eigenvalue weighted by atomic mass is 9.86. The van der Waals surface area contributed by atoms with E-state index >= 15 is 0 Å². The van der Waals surface area contributed by atoms with Crippen LogP contribution in [0.5, 0.6) is 0 Å². The van der Waals surface area contributed by atoms with Crippen molar-refractivity contribution in [3.05, 3.63) is 65.7 Å². The van der Waals surface area contributed by atoms with E-state index in [9.17, 15) is 13.6 Å². The van der Waals surface area contributed by atoms with Crippen LogP contribution in [0.2, 0.25) is 0 Å². The quantitative estimate of drug-likeness (QED) is 0.851. The molecular weight excluding hydrogens is 322 g/mol. The minimum atomic E-state index is -0.324. The number of likely N-dealkylation sites (tertiary alicyclic amines) is 1. The Labute approximate surface area is 145 Å². The van der Waals surface area contributed by atoms with Gasteiger partial charge in [0.25, 0.3) is 0 Å². The molecule has 0 radical (unpaired) electrons. The monoisotopic (exact) mass is 342 g/mol. The molecule has 25 heavy (non-hydrogen) atoms. The van der Waals surface area contributed by atoms with Crippen molar-refractivity contribution in [2.24, 2.45) is 5.41 Å². The normalized spacial score (nSPS) is 23.8. The molecule has 2 aromatic carbocycles. The van der Waals surface area contributed by atoms with Crippen molar-refractivity contribution in [2.75, 3.05) is 24.5 Å². The van der Waals surface area contributed by atoms with Gasteiger partial charge in [-0.2, -0.15) is 0 Å². The molecule has 5 heteroatoms. The zero-order chi connectivity index (χ0) is 17.4. The second kappa shape index (κ2) is 6.23. The molecule has 2 aliphatic heterocycles. The van der Waals surface area contributed by atoms with Gasteiger partial charge < -0.3 is 4.90 Å². The van der Waals surface area contributed by atoms with E-state index in [1.54, 1.807) is 29.2 Å². The van der Waals surface area contributed by atoms with Crippen LogP contribution >= 0.6 is 0 Å². The number of anilines is 1. The van der Waals surface area contributed by atoms with Gasteiger partial charge in [-0.05, 0) is 48.9 Å². The van der Waals surface area contributed by atoms with Crippen molar-refractivity contribution in [3.8, 4) is 0 Å². The molecule has 2 aliphatic rings. The summed E-state index contributed by atoms with van der Waals surface area (Å²) in [4.78, 5) is 16.5. The molecule has 1 atom stereocenters. The minimum absolute atomic E-state index is 0.0641. The molecule has 1 spiro atoms. The lowest BCUT2D eigenvalue weighted by molar-refractivity contribution is -0.117. The molecule has 4 rings (SSSR count). The number of hydrogen-bond acceptors (Lipinski definition) is 2. The Morgan fingerprint density at radius 2 is 1.80 bits per heavy atom. The molecule has 1 unspecified atom stereocenters. The van der Waals surface area contributed by atoms with Crippen LogP contribution in [-0.4, -0.2) is 30.4 Å². The summed E-state index contributed by atoms with van der Waals surface area (Å²) in [7, 11) is 0. The highest BCUT2D eigenvalue weighted by Gasteiger charge is 2.47. The van der Waals surface area contributed by atoms with E-state index in [0.29, 0.717) is 18.7 Å². The van der Waals surface area contributed by atoms with Crippen molar-refractivity contribution < 1.29 is 13.6 Å². The van der Waals surface area contributed by atoms with Crippen LogP contribution in [0.3, 0.4) is 0 Å². The van der Waals surface area contributed by atoms with E-state index in [2.05, 4.69) is 4.90 Å². The summed E-state index contributed by atoms with van der Waals surface area (Å²) in [5.41, 5.74) is 1.65. The van der Waals surface area contributed by atoms with Gasteiger partial charge in [-0.3, -0.25) is 9.69 Å². The highest BCUT2D eigenvalue weighted by atomic mass is 19.1. The van der Waals surface area contributed by atoms with Gasteiger partial charge in [-0.15, -0.1) is 0 Å². The standard InChI is InChI=1S/C20H20F2N2O/c21-16-6-4-15(5-7-16)12-23-9-8-20(13-23)11-19(25)24(14-20)18-3-1-2-17(22)10-18/h1-7,10H,8-9,11-14H2. The first kappa shape index (κ1) is 16.2.